The van der Waals surface area contributed by atoms with E-state index >= 15 is 0 Å². The Hall–Kier alpha value is -2.98. The van der Waals surface area contributed by atoms with Gasteiger partial charge in [-0.05, 0) is 50.5 Å². The van der Waals surface area contributed by atoms with E-state index in [0.717, 1.165) is 12.2 Å². The van der Waals surface area contributed by atoms with Gasteiger partial charge in [0.2, 0.25) is 15.9 Å². The van der Waals surface area contributed by atoms with E-state index in [2.05, 4.69) is 9.88 Å². The van der Waals surface area contributed by atoms with Crippen molar-refractivity contribution in [1.82, 2.24) is 14.2 Å². The van der Waals surface area contributed by atoms with E-state index in [1.165, 1.54) is 10.5 Å². The molecule has 1 amide bonds. The van der Waals surface area contributed by atoms with Crippen LogP contribution < -0.4 is 4.90 Å². The third kappa shape index (κ3) is 5.07. The maximum atomic E-state index is 13.4. The molecule has 1 aromatic carbocycles. The number of aromatic nitrogens is 1. The zero-order chi connectivity index (χ0) is 24.1. The molecular weight excluding hydrogens is 456 g/mol. The molecule has 182 valence electrons. The van der Waals surface area contributed by atoms with E-state index in [-0.39, 0.29) is 10.8 Å². The Bertz CT molecular complexity index is 1110. The van der Waals surface area contributed by atoms with Crippen molar-refractivity contribution >= 4 is 27.7 Å². The van der Waals surface area contributed by atoms with Gasteiger partial charge in [-0.2, -0.15) is 4.31 Å². The SMILES string of the molecule is CCOC(=O)c1ccc(N2CCCN(C(=O)C3CCCN3S(=O)(=O)c3ccccc3)CC2)nc1. The number of hydrogen-bond acceptors (Lipinski definition) is 7. The van der Waals surface area contributed by atoms with Crippen LogP contribution in [-0.4, -0.2) is 79.9 Å². The number of sulfonamides is 1. The zero-order valence-electron chi connectivity index (χ0n) is 19.3. The quantitative estimate of drug-likeness (QED) is 0.577. The molecule has 34 heavy (non-hydrogen) atoms. The van der Waals surface area contributed by atoms with Gasteiger partial charge in [-0.1, -0.05) is 18.2 Å². The summed E-state index contributed by atoms with van der Waals surface area (Å²) >= 11 is 0. The number of ether oxygens (including phenoxy) is 1. The summed E-state index contributed by atoms with van der Waals surface area (Å²) in [6.07, 6.45) is 3.44. The molecule has 9 nitrogen and oxygen atoms in total. The van der Waals surface area contributed by atoms with Crippen LogP contribution in [0.1, 0.15) is 36.5 Å². The molecule has 2 aliphatic heterocycles. The number of hydrogen-bond donors (Lipinski definition) is 0. The Morgan fingerprint density at radius 2 is 1.79 bits per heavy atom. The van der Waals surface area contributed by atoms with Gasteiger partial charge >= 0.3 is 5.97 Å². The number of amides is 1. The molecule has 0 radical (unpaired) electrons. The Morgan fingerprint density at radius 1 is 1.00 bits per heavy atom. The lowest BCUT2D eigenvalue weighted by atomic mass is 10.2. The minimum atomic E-state index is -3.72. The number of benzene rings is 1. The third-order valence-corrected chi connectivity index (χ3v) is 8.15. The van der Waals surface area contributed by atoms with Gasteiger partial charge < -0.3 is 14.5 Å². The van der Waals surface area contributed by atoms with Crippen LogP contribution in [0.3, 0.4) is 0 Å². The van der Waals surface area contributed by atoms with Crippen LogP contribution in [0.15, 0.2) is 53.6 Å². The average molecular weight is 487 g/mol. The monoisotopic (exact) mass is 486 g/mol. The highest BCUT2D eigenvalue weighted by molar-refractivity contribution is 7.89. The highest BCUT2D eigenvalue weighted by Gasteiger charge is 2.41. The van der Waals surface area contributed by atoms with Gasteiger partial charge in [0.1, 0.15) is 11.9 Å². The van der Waals surface area contributed by atoms with Crippen molar-refractivity contribution in [2.45, 2.75) is 37.1 Å². The van der Waals surface area contributed by atoms with Crippen LogP contribution >= 0.6 is 0 Å². The molecule has 2 aromatic rings. The molecule has 2 saturated heterocycles. The van der Waals surface area contributed by atoms with Crippen LogP contribution in [0.4, 0.5) is 5.82 Å². The van der Waals surface area contributed by atoms with E-state index in [0.29, 0.717) is 57.7 Å². The normalized spacial score (nSPS) is 19.6. The molecule has 0 saturated carbocycles. The number of carbonyl (C=O) groups is 2. The Kier molecular flexibility index (Phi) is 7.47. The molecule has 10 heteroatoms. The molecule has 2 aliphatic rings. The third-order valence-electron chi connectivity index (χ3n) is 6.23. The first-order valence-corrected chi connectivity index (χ1v) is 13.1. The summed E-state index contributed by atoms with van der Waals surface area (Å²) in [6.45, 7) is 4.75. The lowest BCUT2D eigenvalue weighted by Crippen LogP contribution is -2.48. The molecule has 1 unspecified atom stereocenters. The highest BCUT2D eigenvalue weighted by atomic mass is 32.2. The highest BCUT2D eigenvalue weighted by Crippen LogP contribution is 2.28. The van der Waals surface area contributed by atoms with Crippen molar-refractivity contribution in [1.29, 1.82) is 0 Å². The molecule has 0 bridgehead atoms. The van der Waals surface area contributed by atoms with Gasteiger partial charge in [0.15, 0.2) is 0 Å². The Morgan fingerprint density at radius 3 is 2.50 bits per heavy atom. The van der Waals surface area contributed by atoms with Crippen molar-refractivity contribution in [3.63, 3.8) is 0 Å². The van der Waals surface area contributed by atoms with Gasteiger partial charge in [-0.3, -0.25) is 4.79 Å². The smallest absolute Gasteiger partial charge is 0.339 e. The van der Waals surface area contributed by atoms with E-state index in [1.54, 1.807) is 54.3 Å². The lowest BCUT2D eigenvalue weighted by molar-refractivity contribution is -0.134. The van der Waals surface area contributed by atoms with Crippen molar-refractivity contribution in [2.24, 2.45) is 0 Å². The predicted molar refractivity (Wildman–Crippen MR) is 127 cm³/mol. The molecule has 1 aromatic heterocycles. The van der Waals surface area contributed by atoms with E-state index in [4.69, 9.17) is 4.74 Å². The van der Waals surface area contributed by atoms with E-state index in [1.807, 2.05) is 0 Å². The standard InChI is InChI=1S/C24H30N4O5S/c1-2-33-24(30)19-11-12-22(25-18-19)26-13-7-14-27(17-16-26)23(29)21-10-6-15-28(21)34(31,32)20-8-4-3-5-9-20/h3-5,8-9,11-12,18,21H,2,6-7,10,13-17H2,1H3. The Balaban J connectivity index is 1.42. The predicted octanol–water partition coefficient (Wildman–Crippen LogP) is 2.15. The molecular formula is C24H30N4O5S. The minimum absolute atomic E-state index is 0.135. The molecule has 0 N–H and O–H groups in total. The fourth-order valence-corrected chi connectivity index (χ4v) is 6.16. The zero-order valence-corrected chi connectivity index (χ0v) is 20.1. The van der Waals surface area contributed by atoms with Crippen molar-refractivity contribution in [3.8, 4) is 0 Å². The lowest BCUT2D eigenvalue weighted by Gasteiger charge is -2.29. The summed E-state index contributed by atoms with van der Waals surface area (Å²) in [4.78, 5) is 33.7. The molecule has 3 heterocycles. The molecule has 4 rings (SSSR count). The van der Waals surface area contributed by atoms with Crippen LogP contribution in [0.25, 0.3) is 0 Å². The summed E-state index contributed by atoms with van der Waals surface area (Å²) in [7, 11) is -3.72. The maximum absolute atomic E-state index is 13.4. The second-order valence-corrected chi connectivity index (χ2v) is 10.3. The first-order chi connectivity index (χ1) is 16.4. The van der Waals surface area contributed by atoms with Gasteiger partial charge in [0.25, 0.3) is 0 Å². The van der Waals surface area contributed by atoms with Gasteiger partial charge in [0.05, 0.1) is 17.1 Å². The summed E-state index contributed by atoms with van der Waals surface area (Å²) in [5, 5.41) is 0. The number of nitrogens with zero attached hydrogens (tertiary/aromatic N) is 4. The molecule has 0 aliphatic carbocycles. The van der Waals surface area contributed by atoms with Crippen molar-refractivity contribution < 1.29 is 22.7 Å². The van der Waals surface area contributed by atoms with Crippen LogP contribution in [0.2, 0.25) is 0 Å². The molecule has 0 spiro atoms. The van der Waals surface area contributed by atoms with Crippen molar-refractivity contribution in [3.05, 3.63) is 54.2 Å². The second-order valence-electron chi connectivity index (χ2n) is 8.38. The van der Waals surface area contributed by atoms with E-state index < -0.39 is 22.0 Å². The van der Waals surface area contributed by atoms with Gasteiger partial charge in [-0.25, -0.2) is 18.2 Å². The first-order valence-electron chi connectivity index (χ1n) is 11.7. The Labute approximate surface area is 200 Å². The number of rotatable bonds is 6. The van der Waals surface area contributed by atoms with Crippen LogP contribution in [0, 0.1) is 0 Å². The summed E-state index contributed by atoms with van der Waals surface area (Å²) in [5.74, 6) is 0.196. The van der Waals surface area contributed by atoms with Gasteiger partial charge in [-0.15, -0.1) is 0 Å². The topological polar surface area (TPSA) is 100 Å². The first kappa shape index (κ1) is 24.2. The summed E-state index contributed by atoms with van der Waals surface area (Å²) in [5.41, 5.74) is 0.401. The van der Waals surface area contributed by atoms with E-state index in [9.17, 15) is 18.0 Å². The summed E-state index contributed by atoms with van der Waals surface area (Å²) in [6, 6.07) is 11.1. The van der Waals surface area contributed by atoms with Crippen molar-refractivity contribution in [2.75, 3.05) is 44.2 Å². The van der Waals surface area contributed by atoms with Crippen LogP contribution in [-0.2, 0) is 19.6 Å². The number of pyridine rings is 1. The fourth-order valence-electron chi connectivity index (χ4n) is 4.49. The largest absolute Gasteiger partial charge is 0.462 e. The molecule has 1 atom stereocenters. The fraction of sp³-hybridized carbons (Fsp3) is 0.458. The average Bonchev–Trinajstić information content (AvgIpc) is 3.24. The minimum Gasteiger partial charge on any atom is -0.462 e. The molecule has 2 fully saturated rings. The maximum Gasteiger partial charge on any atom is 0.339 e. The number of anilines is 1. The summed E-state index contributed by atoms with van der Waals surface area (Å²) < 4.78 is 32.7. The number of esters is 1. The number of carbonyl (C=O) groups excluding carboxylic acids is 2. The second kappa shape index (κ2) is 10.5. The van der Waals surface area contributed by atoms with Crippen LogP contribution in [0.5, 0.6) is 0 Å². The van der Waals surface area contributed by atoms with Gasteiger partial charge in [0, 0.05) is 38.9 Å².